The van der Waals surface area contributed by atoms with Crippen LogP contribution in [0.15, 0.2) is 36.8 Å². The third-order valence-corrected chi connectivity index (χ3v) is 3.74. The highest BCUT2D eigenvalue weighted by Gasteiger charge is 2.24. The van der Waals surface area contributed by atoms with Crippen molar-refractivity contribution in [3.8, 4) is 0 Å². The van der Waals surface area contributed by atoms with Gasteiger partial charge < -0.3 is 14.5 Å². The summed E-state index contributed by atoms with van der Waals surface area (Å²) in [6, 6.07) is 7.74. The zero-order valence-corrected chi connectivity index (χ0v) is 10.8. The number of nitrogens with one attached hydrogen (secondary N) is 1. The molecule has 3 heterocycles. The minimum absolute atomic E-state index is 0.0345. The van der Waals surface area contributed by atoms with Crippen LogP contribution in [0.1, 0.15) is 16.2 Å². The van der Waals surface area contributed by atoms with Gasteiger partial charge in [0.15, 0.2) is 5.82 Å². The van der Waals surface area contributed by atoms with Crippen LogP contribution in [0, 0.1) is 0 Å². The quantitative estimate of drug-likeness (QED) is 0.725. The van der Waals surface area contributed by atoms with Crippen molar-refractivity contribution in [2.45, 2.75) is 13.1 Å². The number of benzene rings is 1. The number of amides is 1. The molecule has 3 aromatic rings. The standard InChI is InChI=1S/C14H13N5O/c20-14(11-3-1-2-10-4-5-15-13(10)11)18-6-7-19-9-16-17-12(19)8-18/h1-5,9,15H,6-8H2. The van der Waals surface area contributed by atoms with Crippen molar-refractivity contribution in [1.29, 1.82) is 0 Å². The lowest BCUT2D eigenvalue weighted by Crippen LogP contribution is -2.38. The predicted octanol–water partition coefficient (Wildman–Crippen LogP) is 1.42. The Balaban J connectivity index is 1.70. The first-order valence-corrected chi connectivity index (χ1v) is 6.55. The molecule has 20 heavy (non-hydrogen) atoms. The first-order valence-electron chi connectivity index (χ1n) is 6.55. The van der Waals surface area contributed by atoms with Crippen molar-refractivity contribution in [2.24, 2.45) is 0 Å². The number of hydrogen-bond donors (Lipinski definition) is 1. The van der Waals surface area contributed by atoms with E-state index < -0.39 is 0 Å². The van der Waals surface area contributed by atoms with Crippen molar-refractivity contribution in [3.63, 3.8) is 0 Å². The van der Waals surface area contributed by atoms with Gasteiger partial charge in [0.2, 0.25) is 0 Å². The van der Waals surface area contributed by atoms with Crippen LogP contribution in [0.4, 0.5) is 0 Å². The van der Waals surface area contributed by atoms with E-state index in [1.807, 2.05) is 39.9 Å². The molecule has 4 rings (SSSR count). The SMILES string of the molecule is O=C(c1cccc2cc[nH]c12)N1CCn2cnnc2C1. The van der Waals surface area contributed by atoms with Crippen LogP contribution < -0.4 is 0 Å². The van der Waals surface area contributed by atoms with Crippen LogP contribution in [0.25, 0.3) is 10.9 Å². The number of aromatic nitrogens is 4. The van der Waals surface area contributed by atoms with Gasteiger partial charge in [-0.3, -0.25) is 4.79 Å². The summed E-state index contributed by atoms with van der Waals surface area (Å²) >= 11 is 0. The molecule has 2 aromatic heterocycles. The highest BCUT2D eigenvalue weighted by Crippen LogP contribution is 2.20. The van der Waals surface area contributed by atoms with Crippen LogP contribution in [0.5, 0.6) is 0 Å². The van der Waals surface area contributed by atoms with Gasteiger partial charge >= 0.3 is 0 Å². The average molecular weight is 267 g/mol. The maximum atomic E-state index is 12.7. The number of H-pyrrole nitrogens is 1. The van der Waals surface area contributed by atoms with Gasteiger partial charge in [0.25, 0.3) is 5.91 Å². The maximum absolute atomic E-state index is 12.7. The minimum atomic E-state index is 0.0345. The molecular formula is C14H13N5O. The summed E-state index contributed by atoms with van der Waals surface area (Å²) in [7, 11) is 0. The van der Waals surface area contributed by atoms with E-state index in [4.69, 9.17) is 0 Å². The van der Waals surface area contributed by atoms with E-state index >= 15 is 0 Å². The fraction of sp³-hybridized carbons (Fsp3) is 0.214. The van der Waals surface area contributed by atoms with E-state index in [0.717, 1.165) is 23.3 Å². The Bertz CT molecular complexity index is 788. The van der Waals surface area contributed by atoms with E-state index in [9.17, 15) is 4.79 Å². The molecule has 6 heteroatoms. The molecule has 0 saturated carbocycles. The fourth-order valence-corrected chi connectivity index (χ4v) is 2.67. The van der Waals surface area contributed by atoms with Gasteiger partial charge in [-0.15, -0.1) is 10.2 Å². The zero-order valence-electron chi connectivity index (χ0n) is 10.8. The number of rotatable bonds is 1. The van der Waals surface area contributed by atoms with Crippen molar-refractivity contribution < 1.29 is 4.79 Å². The first-order chi connectivity index (χ1) is 9.83. The fourth-order valence-electron chi connectivity index (χ4n) is 2.67. The summed E-state index contributed by atoms with van der Waals surface area (Å²) in [5.74, 6) is 0.871. The van der Waals surface area contributed by atoms with Crippen LogP contribution in [0.3, 0.4) is 0 Å². The van der Waals surface area contributed by atoms with E-state index in [1.165, 1.54) is 0 Å². The van der Waals surface area contributed by atoms with Gasteiger partial charge in [0.05, 0.1) is 17.6 Å². The van der Waals surface area contributed by atoms with Crippen LogP contribution >= 0.6 is 0 Å². The largest absolute Gasteiger partial charge is 0.361 e. The number of nitrogens with zero attached hydrogens (tertiary/aromatic N) is 4. The molecule has 0 radical (unpaired) electrons. The molecule has 6 nitrogen and oxygen atoms in total. The normalized spacial score (nSPS) is 14.5. The lowest BCUT2D eigenvalue weighted by molar-refractivity contribution is 0.0709. The molecule has 0 bridgehead atoms. The van der Waals surface area contributed by atoms with Crippen molar-refractivity contribution in [3.05, 3.63) is 48.2 Å². The predicted molar refractivity (Wildman–Crippen MR) is 73.1 cm³/mol. The van der Waals surface area contributed by atoms with Gasteiger partial charge in [0, 0.05) is 24.7 Å². The zero-order chi connectivity index (χ0) is 13.5. The molecule has 0 saturated heterocycles. The maximum Gasteiger partial charge on any atom is 0.256 e. The molecule has 1 amide bonds. The third kappa shape index (κ3) is 1.61. The second kappa shape index (κ2) is 4.19. The molecule has 1 N–H and O–H groups in total. The summed E-state index contributed by atoms with van der Waals surface area (Å²) < 4.78 is 1.99. The van der Waals surface area contributed by atoms with Crippen LogP contribution in [-0.2, 0) is 13.1 Å². The van der Waals surface area contributed by atoms with Crippen molar-refractivity contribution in [2.75, 3.05) is 6.54 Å². The molecule has 1 aliphatic heterocycles. The van der Waals surface area contributed by atoms with Gasteiger partial charge in [-0.2, -0.15) is 0 Å². The molecular weight excluding hydrogens is 254 g/mol. The number of carbonyl (C=O) groups excluding carboxylic acids is 1. The molecule has 0 aliphatic carbocycles. The summed E-state index contributed by atoms with van der Waals surface area (Å²) in [6.07, 6.45) is 3.57. The number of hydrogen-bond acceptors (Lipinski definition) is 3. The van der Waals surface area contributed by atoms with Crippen molar-refractivity contribution >= 4 is 16.8 Å². The van der Waals surface area contributed by atoms with Gasteiger partial charge in [-0.25, -0.2) is 0 Å². The summed E-state index contributed by atoms with van der Waals surface area (Å²) in [5, 5.41) is 8.98. The monoisotopic (exact) mass is 267 g/mol. The molecule has 1 aromatic carbocycles. The minimum Gasteiger partial charge on any atom is -0.361 e. The third-order valence-electron chi connectivity index (χ3n) is 3.74. The number of carbonyl (C=O) groups is 1. The Morgan fingerprint density at radius 1 is 1.25 bits per heavy atom. The Morgan fingerprint density at radius 2 is 2.20 bits per heavy atom. The molecule has 0 spiro atoms. The first kappa shape index (κ1) is 11.2. The van der Waals surface area contributed by atoms with Gasteiger partial charge in [-0.1, -0.05) is 12.1 Å². The van der Waals surface area contributed by atoms with E-state index in [1.54, 1.807) is 6.33 Å². The highest BCUT2D eigenvalue weighted by atomic mass is 16.2. The van der Waals surface area contributed by atoms with E-state index in [0.29, 0.717) is 18.7 Å². The van der Waals surface area contributed by atoms with Gasteiger partial charge in [0.1, 0.15) is 6.33 Å². The average Bonchev–Trinajstić information content (AvgIpc) is 3.13. The van der Waals surface area contributed by atoms with Gasteiger partial charge in [-0.05, 0) is 12.1 Å². The Kier molecular flexibility index (Phi) is 2.35. The van der Waals surface area contributed by atoms with E-state index in [-0.39, 0.29) is 5.91 Å². The number of aromatic amines is 1. The van der Waals surface area contributed by atoms with Crippen molar-refractivity contribution in [1.82, 2.24) is 24.6 Å². The molecule has 100 valence electrons. The van der Waals surface area contributed by atoms with Crippen LogP contribution in [0.2, 0.25) is 0 Å². The smallest absolute Gasteiger partial charge is 0.256 e. The molecule has 0 fully saturated rings. The topological polar surface area (TPSA) is 66.8 Å². The number of para-hydroxylation sites is 1. The Labute approximate surface area is 115 Å². The second-order valence-electron chi connectivity index (χ2n) is 4.91. The van der Waals surface area contributed by atoms with Crippen LogP contribution in [-0.4, -0.2) is 37.1 Å². The molecule has 0 unspecified atom stereocenters. The number of fused-ring (bicyclic) bond motifs is 2. The summed E-state index contributed by atoms with van der Waals surface area (Å²) in [5.41, 5.74) is 1.60. The second-order valence-corrected chi connectivity index (χ2v) is 4.91. The highest BCUT2D eigenvalue weighted by molar-refractivity contribution is 6.05. The lowest BCUT2D eigenvalue weighted by Gasteiger charge is -2.27. The summed E-state index contributed by atoms with van der Waals surface area (Å²) in [6.45, 7) is 1.94. The summed E-state index contributed by atoms with van der Waals surface area (Å²) in [4.78, 5) is 17.7. The Morgan fingerprint density at radius 3 is 3.15 bits per heavy atom. The van der Waals surface area contributed by atoms with E-state index in [2.05, 4.69) is 15.2 Å². The molecule has 1 aliphatic rings. The lowest BCUT2D eigenvalue weighted by atomic mass is 10.1. The molecule has 0 atom stereocenters. The Hall–Kier alpha value is -2.63.